The van der Waals surface area contributed by atoms with Gasteiger partial charge in [0.2, 0.25) is 0 Å². The van der Waals surface area contributed by atoms with Crippen LogP contribution in [0.1, 0.15) is 50.7 Å². The van der Waals surface area contributed by atoms with Gasteiger partial charge < -0.3 is 5.32 Å². The summed E-state index contributed by atoms with van der Waals surface area (Å²) in [7, 11) is 0. The number of hydrogen-bond acceptors (Lipinski definition) is 3. The summed E-state index contributed by atoms with van der Waals surface area (Å²) >= 11 is 1.40. The molecule has 0 atom stereocenters. The Balaban J connectivity index is 0. The van der Waals surface area contributed by atoms with Crippen LogP contribution in [0.5, 0.6) is 0 Å². The van der Waals surface area contributed by atoms with Crippen molar-refractivity contribution in [3.05, 3.63) is 47.3 Å². The normalized spacial score (nSPS) is 9.95. The standard InChI is InChI=1S/C11H12N2OS.C3H8.C2H6/c1-3-4-7-12-9(2)13-11(14)10-6-5-8-15-10;1-3-2;1-2/h3-8H,1H2,2H3,(H,12,13,14);3H2,1-2H3;1-2H3/b7-4-;;. The van der Waals surface area contributed by atoms with Gasteiger partial charge in [0.05, 0.1) is 4.88 Å². The smallest absolute Gasteiger partial charge is 0.266 e. The number of rotatable bonds is 3. The molecule has 0 radical (unpaired) electrons. The van der Waals surface area contributed by atoms with Crippen molar-refractivity contribution in [1.82, 2.24) is 5.32 Å². The SMILES string of the molecule is C=C/C=C\N=C(C)NC(=O)c1cccs1.CC.CCC. The molecular weight excluding hydrogens is 268 g/mol. The van der Waals surface area contributed by atoms with Gasteiger partial charge in [-0.2, -0.15) is 0 Å². The maximum Gasteiger partial charge on any atom is 0.266 e. The van der Waals surface area contributed by atoms with Crippen LogP contribution in [0.2, 0.25) is 0 Å². The molecule has 0 aliphatic rings. The Morgan fingerprint density at radius 3 is 2.50 bits per heavy atom. The molecule has 0 saturated carbocycles. The number of aliphatic imine (C=N–C) groups is 1. The third-order valence-electron chi connectivity index (χ3n) is 1.53. The lowest BCUT2D eigenvalue weighted by Crippen LogP contribution is -2.27. The van der Waals surface area contributed by atoms with E-state index in [0.717, 1.165) is 0 Å². The molecule has 1 aromatic rings. The molecule has 1 aromatic heterocycles. The van der Waals surface area contributed by atoms with Crippen LogP contribution in [0.25, 0.3) is 0 Å². The molecule has 1 heterocycles. The molecule has 1 N–H and O–H groups in total. The second kappa shape index (κ2) is 15.4. The Kier molecular flexibility index (Phi) is 15.9. The monoisotopic (exact) mass is 294 g/mol. The number of carbonyl (C=O) groups is 1. The van der Waals surface area contributed by atoms with E-state index in [1.807, 2.05) is 25.3 Å². The zero-order chi connectivity index (χ0) is 15.8. The summed E-state index contributed by atoms with van der Waals surface area (Å²) in [5.41, 5.74) is 0. The van der Waals surface area contributed by atoms with Gasteiger partial charge in [-0.1, -0.05) is 52.8 Å². The number of carbonyl (C=O) groups excluding carboxylic acids is 1. The molecule has 0 saturated heterocycles. The zero-order valence-electron chi connectivity index (χ0n) is 13.1. The molecule has 3 nitrogen and oxygen atoms in total. The second-order valence-electron chi connectivity index (χ2n) is 3.43. The molecule has 0 unspecified atom stereocenters. The van der Waals surface area contributed by atoms with Gasteiger partial charge in [0.1, 0.15) is 5.84 Å². The van der Waals surface area contributed by atoms with E-state index in [1.54, 1.807) is 31.3 Å². The minimum atomic E-state index is -0.127. The third-order valence-corrected chi connectivity index (χ3v) is 2.40. The van der Waals surface area contributed by atoms with Gasteiger partial charge in [-0.3, -0.25) is 4.79 Å². The predicted molar refractivity (Wildman–Crippen MR) is 91.5 cm³/mol. The molecule has 0 fully saturated rings. The lowest BCUT2D eigenvalue weighted by Gasteiger charge is -2.00. The molecule has 1 rings (SSSR count). The second-order valence-corrected chi connectivity index (χ2v) is 4.38. The number of amides is 1. The first kappa shape index (κ1) is 20.6. The van der Waals surface area contributed by atoms with Gasteiger partial charge in [-0.05, 0) is 24.4 Å². The summed E-state index contributed by atoms with van der Waals surface area (Å²) in [5.74, 6) is 0.435. The maximum absolute atomic E-state index is 11.5. The van der Waals surface area contributed by atoms with Gasteiger partial charge in [0.15, 0.2) is 0 Å². The van der Waals surface area contributed by atoms with Crippen molar-refractivity contribution in [1.29, 1.82) is 0 Å². The van der Waals surface area contributed by atoms with Crippen LogP contribution in [0, 0.1) is 0 Å². The fraction of sp³-hybridized carbons (Fsp3) is 0.375. The highest BCUT2D eigenvalue weighted by atomic mass is 32.1. The summed E-state index contributed by atoms with van der Waals surface area (Å²) in [5, 5.41) is 4.54. The summed E-state index contributed by atoms with van der Waals surface area (Å²) in [4.78, 5) is 16.2. The quantitative estimate of drug-likeness (QED) is 0.473. The maximum atomic E-state index is 11.5. The summed E-state index contributed by atoms with van der Waals surface area (Å²) in [6, 6.07) is 3.61. The number of amidine groups is 1. The van der Waals surface area contributed by atoms with Crippen molar-refractivity contribution >= 4 is 23.1 Å². The van der Waals surface area contributed by atoms with Crippen LogP contribution >= 0.6 is 11.3 Å². The van der Waals surface area contributed by atoms with Crippen LogP contribution in [-0.4, -0.2) is 11.7 Å². The predicted octanol–water partition coefficient (Wildman–Crippen LogP) is 5.04. The number of hydrogen-bond donors (Lipinski definition) is 1. The van der Waals surface area contributed by atoms with E-state index in [1.165, 1.54) is 17.8 Å². The molecule has 4 heteroatoms. The third kappa shape index (κ3) is 11.4. The van der Waals surface area contributed by atoms with Gasteiger partial charge >= 0.3 is 0 Å². The van der Waals surface area contributed by atoms with E-state index in [-0.39, 0.29) is 5.91 Å². The van der Waals surface area contributed by atoms with E-state index in [4.69, 9.17) is 0 Å². The average Bonchev–Trinajstić information content (AvgIpc) is 2.96. The highest BCUT2D eigenvalue weighted by molar-refractivity contribution is 7.12. The van der Waals surface area contributed by atoms with Crippen molar-refractivity contribution in [2.24, 2.45) is 4.99 Å². The Bertz CT molecular complexity index is 406. The number of allylic oxidation sites excluding steroid dienone is 2. The fourth-order valence-electron chi connectivity index (χ4n) is 0.882. The zero-order valence-corrected chi connectivity index (χ0v) is 14.0. The van der Waals surface area contributed by atoms with Gasteiger partial charge in [0, 0.05) is 6.20 Å². The van der Waals surface area contributed by atoms with Crippen LogP contribution in [0.15, 0.2) is 47.4 Å². The first-order valence-electron chi connectivity index (χ1n) is 6.82. The molecule has 0 spiro atoms. The van der Waals surface area contributed by atoms with Crippen molar-refractivity contribution in [3.63, 3.8) is 0 Å². The van der Waals surface area contributed by atoms with E-state index < -0.39 is 0 Å². The number of thiophene rings is 1. The number of nitrogens with one attached hydrogen (secondary N) is 1. The van der Waals surface area contributed by atoms with E-state index in [2.05, 4.69) is 30.7 Å². The summed E-state index contributed by atoms with van der Waals surface area (Å²) in [6.07, 6.45) is 6.15. The van der Waals surface area contributed by atoms with Gasteiger partial charge in [0.25, 0.3) is 5.91 Å². The molecule has 1 amide bonds. The van der Waals surface area contributed by atoms with Crippen molar-refractivity contribution in [2.45, 2.75) is 41.0 Å². The fourth-order valence-corrected chi connectivity index (χ4v) is 1.50. The van der Waals surface area contributed by atoms with Crippen LogP contribution in [0.4, 0.5) is 0 Å². The molecular formula is C16H26N2OS. The van der Waals surface area contributed by atoms with Crippen molar-refractivity contribution in [3.8, 4) is 0 Å². The first-order chi connectivity index (χ1) is 9.65. The molecule has 0 aliphatic heterocycles. The molecule has 0 aromatic carbocycles. The van der Waals surface area contributed by atoms with Gasteiger partial charge in [-0.25, -0.2) is 4.99 Å². The average molecular weight is 294 g/mol. The van der Waals surface area contributed by atoms with Crippen LogP contribution in [-0.2, 0) is 0 Å². The largest absolute Gasteiger partial charge is 0.310 e. The molecule has 0 aliphatic carbocycles. The Hall–Kier alpha value is -1.68. The Labute approximate surface area is 127 Å². The molecule has 0 bridgehead atoms. The van der Waals surface area contributed by atoms with Gasteiger partial charge in [-0.15, -0.1) is 11.3 Å². The molecule has 20 heavy (non-hydrogen) atoms. The van der Waals surface area contributed by atoms with Crippen LogP contribution < -0.4 is 5.32 Å². The topological polar surface area (TPSA) is 41.5 Å². The van der Waals surface area contributed by atoms with E-state index >= 15 is 0 Å². The Morgan fingerprint density at radius 2 is 2.05 bits per heavy atom. The van der Waals surface area contributed by atoms with E-state index in [0.29, 0.717) is 10.7 Å². The molecule has 112 valence electrons. The number of nitrogens with zero attached hydrogens (tertiary/aromatic N) is 1. The highest BCUT2D eigenvalue weighted by Crippen LogP contribution is 2.07. The summed E-state index contributed by atoms with van der Waals surface area (Å²) in [6.45, 7) is 13.5. The lowest BCUT2D eigenvalue weighted by atomic mass is 10.4. The minimum absolute atomic E-state index is 0.127. The van der Waals surface area contributed by atoms with Crippen molar-refractivity contribution in [2.75, 3.05) is 0 Å². The lowest BCUT2D eigenvalue weighted by molar-refractivity contribution is 0.0981. The van der Waals surface area contributed by atoms with E-state index in [9.17, 15) is 4.79 Å². The minimum Gasteiger partial charge on any atom is -0.310 e. The highest BCUT2D eigenvalue weighted by Gasteiger charge is 2.05. The first-order valence-corrected chi connectivity index (χ1v) is 7.70. The van der Waals surface area contributed by atoms with Crippen LogP contribution in [0.3, 0.4) is 0 Å². The Morgan fingerprint density at radius 1 is 1.45 bits per heavy atom. The summed E-state index contributed by atoms with van der Waals surface area (Å²) < 4.78 is 0. The van der Waals surface area contributed by atoms with Crippen molar-refractivity contribution < 1.29 is 4.79 Å².